The summed E-state index contributed by atoms with van der Waals surface area (Å²) in [7, 11) is 0. The van der Waals surface area contributed by atoms with Crippen LogP contribution in [0.25, 0.3) is 22.9 Å². The van der Waals surface area contributed by atoms with Gasteiger partial charge in [0.15, 0.2) is 23.0 Å². The zero-order chi connectivity index (χ0) is 40.4. The van der Waals surface area contributed by atoms with Crippen molar-refractivity contribution in [3.8, 4) is 28.7 Å². The second-order valence-corrected chi connectivity index (χ2v) is 17.5. The van der Waals surface area contributed by atoms with Crippen LogP contribution in [0.4, 0.5) is 0 Å². The maximum absolute atomic E-state index is 11.8. The van der Waals surface area contributed by atoms with Gasteiger partial charge in [-0.15, -0.1) is 0 Å². The zero-order valence-corrected chi connectivity index (χ0v) is 33.7. The first kappa shape index (κ1) is 39.8. The summed E-state index contributed by atoms with van der Waals surface area (Å²) in [6.45, 7) is 3.73. The van der Waals surface area contributed by atoms with E-state index in [0.717, 1.165) is 69.3 Å². The number of aromatic nitrogens is 2. The molecule has 3 saturated carbocycles. The molecule has 306 valence electrons. The molecular formula is C49H59N3O6. The number of phenols is 5. The van der Waals surface area contributed by atoms with Crippen LogP contribution in [0.3, 0.4) is 0 Å². The minimum Gasteiger partial charge on any atom is -0.507 e. The fourth-order valence-electron chi connectivity index (χ4n) is 11.7. The third-order valence-electron chi connectivity index (χ3n) is 14.3. The van der Waals surface area contributed by atoms with Crippen molar-refractivity contribution >= 4 is 22.9 Å². The third-order valence-corrected chi connectivity index (χ3v) is 14.3. The zero-order valence-electron chi connectivity index (χ0n) is 33.7. The first-order valence-corrected chi connectivity index (χ1v) is 21.5. The molecule has 0 aliphatic heterocycles. The number of fused-ring (bicyclic) bond motifs is 1. The van der Waals surface area contributed by atoms with Gasteiger partial charge in [0.25, 0.3) is 0 Å². The van der Waals surface area contributed by atoms with E-state index in [-0.39, 0.29) is 57.0 Å². The number of nitrogens with zero attached hydrogens (tertiary/aromatic N) is 1. The van der Waals surface area contributed by atoms with Crippen LogP contribution in [0.1, 0.15) is 117 Å². The van der Waals surface area contributed by atoms with Crippen molar-refractivity contribution in [1.82, 2.24) is 15.3 Å². The summed E-state index contributed by atoms with van der Waals surface area (Å²) in [6.07, 6.45) is 21.7. The number of phenolic OH excluding ortho intramolecular Hbond substituents is 5. The fourth-order valence-corrected chi connectivity index (χ4v) is 11.7. The predicted molar refractivity (Wildman–Crippen MR) is 229 cm³/mol. The first-order valence-electron chi connectivity index (χ1n) is 21.5. The summed E-state index contributed by atoms with van der Waals surface area (Å²) in [6, 6.07) is 16.3. The lowest BCUT2D eigenvalue weighted by Gasteiger charge is -2.60. The Morgan fingerprint density at radius 1 is 0.810 bits per heavy atom. The van der Waals surface area contributed by atoms with Crippen molar-refractivity contribution in [3.05, 3.63) is 106 Å². The molecule has 8 rings (SSSR count). The van der Waals surface area contributed by atoms with E-state index in [1.54, 1.807) is 24.5 Å². The molecule has 3 fully saturated rings. The molecule has 9 nitrogen and oxygen atoms in total. The van der Waals surface area contributed by atoms with E-state index in [1.807, 2.05) is 18.3 Å². The maximum atomic E-state index is 11.8. The van der Waals surface area contributed by atoms with E-state index in [9.17, 15) is 30.6 Å². The van der Waals surface area contributed by atoms with Gasteiger partial charge in [-0.05, 0) is 127 Å². The van der Waals surface area contributed by atoms with Gasteiger partial charge in [0.1, 0.15) is 5.75 Å². The summed E-state index contributed by atoms with van der Waals surface area (Å²) in [5, 5.41) is 69.7. The van der Waals surface area contributed by atoms with E-state index in [4.69, 9.17) is 0 Å². The molecule has 3 aliphatic rings. The molecule has 1 aromatic heterocycles. The van der Waals surface area contributed by atoms with Crippen LogP contribution < -0.4 is 5.32 Å². The number of H-pyrrole nitrogens is 1. The minimum absolute atomic E-state index is 0.133. The lowest BCUT2D eigenvalue weighted by Crippen LogP contribution is -2.61. The molecule has 0 bridgehead atoms. The van der Waals surface area contributed by atoms with Crippen molar-refractivity contribution in [3.63, 3.8) is 0 Å². The average Bonchev–Trinajstić information content (AvgIpc) is 3.91. The molecule has 1 heterocycles. The van der Waals surface area contributed by atoms with E-state index < -0.39 is 0 Å². The largest absolute Gasteiger partial charge is 0.507 e. The fraction of sp³-hybridized carbons (Fsp3) is 0.449. The number of rotatable bonds is 14. The van der Waals surface area contributed by atoms with Crippen molar-refractivity contribution in [1.29, 1.82) is 0 Å². The molecular weight excluding hydrogens is 727 g/mol. The Labute approximate surface area is 341 Å². The number of aliphatic hydroxyl groups is 1. The Bertz CT molecular complexity index is 2270. The molecule has 0 radical (unpaired) electrons. The Kier molecular flexibility index (Phi) is 11.5. The minimum atomic E-state index is -0.356. The van der Waals surface area contributed by atoms with E-state index in [0.29, 0.717) is 40.8 Å². The molecule has 8 N–H and O–H groups in total. The smallest absolute Gasteiger partial charge is 0.169 e. The van der Waals surface area contributed by atoms with Gasteiger partial charge in [-0.3, -0.25) is 0 Å². The van der Waals surface area contributed by atoms with Crippen LogP contribution in [0, 0.1) is 17.3 Å². The monoisotopic (exact) mass is 785 g/mol. The van der Waals surface area contributed by atoms with Crippen LogP contribution in [-0.4, -0.2) is 53.3 Å². The average molecular weight is 786 g/mol. The highest BCUT2D eigenvalue weighted by molar-refractivity contribution is 6.03. The molecule has 9 heteroatoms. The van der Waals surface area contributed by atoms with E-state index in [2.05, 4.69) is 40.4 Å². The number of aryl methyl sites for hydroxylation is 2. The second-order valence-electron chi connectivity index (χ2n) is 17.5. The number of nitrogens with one attached hydrogen (secondary N) is 2. The number of aliphatic hydroxyl groups excluding tert-OH is 1. The standard InChI is InChI=1S/C49H59N3O6/c1-2-3-4-8-33-25-31(14-19-38-36(18-13-32-15-20-39(53)42(56)26-32)37-10-5-11-40(54)44(37)46(58)45(38)57)12-16-34(33)27-50-29-49(43-28-51-30-52-43)24-7-23-48-22-6-9-35(48)17-21-41(55)47(48)49/h5,10-13,15-16,18,20,25-26,28,30,35,41,47,50,53-58H,2-4,6-9,14,17,19,21-24,27,29H2,1H3,(H,51,52). The highest BCUT2D eigenvalue weighted by atomic mass is 16.3. The lowest BCUT2D eigenvalue weighted by atomic mass is 9.46. The van der Waals surface area contributed by atoms with Gasteiger partial charge < -0.3 is 40.9 Å². The third kappa shape index (κ3) is 7.32. The summed E-state index contributed by atoms with van der Waals surface area (Å²) in [4.78, 5) is 8.02. The van der Waals surface area contributed by atoms with Gasteiger partial charge in [0.05, 0.1) is 17.8 Å². The molecule has 3 aliphatic carbocycles. The van der Waals surface area contributed by atoms with Crippen molar-refractivity contribution in [2.45, 2.75) is 115 Å². The first-order chi connectivity index (χ1) is 28.1. The molecule has 4 aromatic carbocycles. The molecule has 0 amide bonds. The number of imidazole rings is 1. The van der Waals surface area contributed by atoms with Crippen molar-refractivity contribution < 1.29 is 30.6 Å². The Morgan fingerprint density at radius 3 is 2.48 bits per heavy atom. The van der Waals surface area contributed by atoms with Crippen LogP contribution in [0.5, 0.6) is 28.7 Å². The number of aromatic hydroxyl groups is 5. The predicted octanol–water partition coefficient (Wildman–Crippen LogP) is 9.55. The quantitative estimate of drug-likeness (QED) is 0.0314. The second kappa shape index (κ2) is 16.7. The van der Waals surface area contributed by atoms with E-state index in [1.165, 1.54) is 61.4 Å². The SMILES string of the molecule is CCCCCc1cc(CCc2c(O)c(O)c3c(O)cccc3c2C=Cc2ccc(O)c(O)c2)ccc1CNCC1(c2cnc[nH]2)CCCC23CCCC2CCC(O)C13. The summed E-state index contributed by atoms with van der Waals surface area (Å²) >= 11 is 0. The molecule has 0 saturated heterocycles. The van der Waals surface area contributed by atoms with Gasteiger partial charge in [-0.2, -0.15) is 0 Å². The summed E-state index contributed by atoms with van der Waals surface area (Å²) < 4.78 is 0. The maximum Gasteiger partial charge on any atom is 0.169 e. The number of hydrogen-bond acceptors (Lipinski definition) is 8. The molecule has 5 unspecified atom stereocenters. The topological polar surface area (TPSA) is 162 Å². The summed E-state index contributed by atoms with van der Waals surface area (Å²) in [5.74, 6) is -0.304. The van der Waals surface area contributed by atoms with E-state index >= 15 is 0 Å². The van der Waals surface area contributed by atoms with Crippen LogP contribution >= 0.6 is 0 Å². The van der Waals surface area contributed by atoms with Gasteiger partial charge in [0, 0.05) is 41.9 Å². The molecule has 5 aromatic rings. The summed E-state index contributed by atoms with van der Waals surface area (Å²) in [5.41, 5.74) is 6.71. The Morgan fingerprint density at radius 2 is 1.67 bits per heavy atom. The highest BCUT2D eigenvalue weighted by Gasteiger charge is 2.62. The van der Waals surface area contributed by atoms with Gasteiger partial charge >= 0.3 is 0 Å². The number of aromatic amines is 1. The highest BCUT2D eigenvalue weighted by Crippen LogP contribution is 2.66. The van der Waals surface area contributed by atoms with Gasteiger partial charge in [0.2, 0.25) is 0 Å². The number of hydrogen-bond donors (Lipinski definition) is 8. The van der Waals surface area contributed by atoms with Crippen LogP contribution in [0.2, 0.25) is 0 Å². The van der Waals surface area contributed by atoms with Crippen LogP contribution in [0.15, 0.2) is 67.1 Å². The molecule has 58 heavy (non-hydrogen) atoms. The van der Waals surface area contributed by atoms with Gasteiger partial charge in [-0.1, -0.05) is 81.2 Å². The normalized spacial score (nSPS) is 24.3. The Balaban J connectivity index is 1.06. The van der Waals surface area contributed by atoms with Crippen LogP contribution in [-0.2, 0) is 31.2 Å². The molecule has 5 atom stereocenters. The van der Waals surface area contributed by atoms with Gasteiger partial charge in [-0.25, -0.2) is 4.98 Å². The number of benzene rings is 4. The van der Waals surface area contributed by atoms with Crippen molar-refractivity contribution in [2.75, 3.05) is 6.54 Å². The number of unbranched alkanes of at least 4 members (excludes halogenated alkanes) is 2. The Hall–Kier alpha value is -4.99. The molecule has 1 spiro atoms. The lowest BCUT2D eigenvalue weighted by molar-refractivity contribution is -0.121. The van der Waals surface area contributed by atoms with Crippen molar-refractivity contribution in [2.24, 2.45) is 17.3 Å².